The summed E-state index contributed by atoms with van der Waals surface area (Å²) in [5.41, 5.74) is 1.87. The van der Waals surface area contributed by atoms with Crippen molar-refractivity contribution >= 4 is 22.8 Å². The van der Waals surface area contributed by atoms with Gasteiger partial charge in [-0.3, -0.25) is 4.79 Å². The second kappa shape index (κ2) is 12.0. The van der Waals surface area contributed by atoms with E-state index in [1.807, 2.05) is 24.3 Å². The number of aromatic nitrogens is 2. The number of nitrogens with one attached hydrogen (secondary N) is 1. The normalized spacial score (nSPS) is 11.8. The van der Waals surface area contributed by atoms with Crippen molar-refractivity contribution in [2.24, 2.45) is 0 Å². The summed E-state index contributed by atoms with van der Waals surface area (Å²) in [6.45, 7) is 6.66. The van der Waals surface area contributed by atoms with Crippen LogP contribution in [0.25, 0.3) is 11.0 Å². The van der Waals surface area contributed by atoms with Gasteiger partial charge in [-0.1, -0.05) is 38.8 Å². The molecule has 0 aliphatic heterocycles. The second-order valence-electron chi connectivity index (χ2n) is 6.96. The fraction of sp³-hybridized carbons (Fsp3) is 0.545. The van der Waals surface area contributed by atoms with Gasteiger partial charge in [0.15, 0.2) is 11.7 Å². The van der Waals surface area contributed by atoms with Gasteiger partial charge in [-0.2, -0.15) is 5.26 Å². The Morgan fingerprint density at radius 2 is 1.79 bits per heavy atom. The lowest BCUT2D eigenvalue weighted by molar-refractivity contribution is -0.121. The summed E-state index contributed by atoms with van der Waals surface area (Å²) in [6.07, 6.45) is 4.13. The number of unbranched alkanes of at least 4 members (excludes halogenated alkanes) is 2. The first kappa shape index (κ1) is 22.6. The zero-order chi connectivity index (χ0) is 21.1. The first-order valence-electron chi connectivity index (χ1n) is 10.3. The van der Waals surface area contributed by atoms with Crippen LogP contribution in [0.15, 0.2) is 24.3 Å². The van der Waals surface area contributed by atoms with Crippen molar-refractivity contribution in [3.8, 4) is 6.07 Å². The average molecular weight is 398 g/mol. The van der Waals surface area contributed by atoms with E-state index in [1.54, 1.807) is 7.11 Å². The van der Waals surface area contributed by atoms with Gasteiger partial charge < -0.3 is 15.0 Å². The number of nitrogens with zero attached hydrogens (tertiary/aromatic N) is 4. The lowest BCUT2D eigenvalue weighted by Gasteiger charge is -2.26. The molecule has 7 heteroatoms. The van der Waals surface area contributed by atoms with Crippen LogP contribution >= 0.6 is 0 Å². The Morgan fingerprint density at radius 1 is 1.17 bits per heavy atom. The van der Waals surface area contributed by atoms with Crippen molar-refractivity contribution in [1.82, 2.24) is 15.3 Å². The minimum Gasteiger partial charge on any atom is -0.383 e. The summed E-state index contributed by atoms with van der Waals surface area (Å²) < 4.78 is 4.99. The molecule has 0 spiro atoms. The van der Waals surface area contributed by atoms with Crippen LogP contribution in [0.5, 0.6) is 0 Å². The average Bonchev–Trinajstić information content (AvgIpc) is 2.74. The van der Waals surface area contributed by atoms with Crippen LogP contribution in [-0.4, -0.2) is 49.2 Å². The fourth-order valence-corrected chi connectivity index (χ4v) is 3.07. The van der Waals surface area contributed by atoms with Crippen molar-refractivity contribution in [2.75, 3.05) is 38.3 Å². The molecule has 0 fully saturated rings. The highest BCUT2D eigenvalue weighted by Crippen LogP contribution is 2.28. The SMILES string of the molecule is CCCCN(CCCC)c1nc2ccccc2nc1C(C#N)C(=O)NCCOC. The monoisotopic (exact) mass is 397 g/mol. The van der Waals surface area contributed by atoms with Crippen molar-refractivity contribution in [3.05, 3.63) is 30.0 Å². The Kier molecular flexibility index (Phi) is 9.32. The van der Waals surface area contributed by atoms with Crippen molar-refractivity contribution in [3.63, 3.8) is 0 Å². The molecule has 156 valence electrons. The van der Waals surface area contributed by atoms with E-state index in [9.17, 15) is 10.1 Å². The molecule has 0 bridgehead atoms. The first-order valence-corrected chi connectivity index (χ1v) is 10.3. The van der Waals surface area contributed by atoms with Crippen LogP contribution < -0.4 is 10.2 Å². The summed E-state index contributed by atoms with van der Waals surface area (Å²) in [5.74, 6) is -0.759. The van der Waals surface area contributed by atoms with Crippen LogP contribution in [0.4, 0.5) is 5.82 Å². The Labute approximate surface area is 173 Å². The Morgan fingerprint density at radius 3 is 2.34 bits per heavy atom. The van der Waals surface area contributed by atoms with E-state index < -0.39 is 5.92 Å². The first-order chi connectivity index (χ1) is 14.2. The van der Waals surface area contributed by atoms with Gasteiger partial charge in [0.2, 0.25) is 5.91 Å². The molecule has 1 aromatic heterocycles. The summed E-state index contributed by atoms with van der Waals surface area (Å²) in [7, 11) is 1.57. The van der Waals surface area contributed by atoms with Gasteiger partial charge in [-0.25, -0.2) is 9.97 Å². The summed E-state index contributed by atoms with van der Waals surface area (Å²) in [4.78, 5) is 24.4. The number of carbonyl (C=O) groups excluding carboxylic acids is 1. The molecule has 0 radical (unpaired) electrons. The number of hydrogen-bond acceptors (Lipinski definition) is 6. The smallest absolute Gasteiger partial charge is 0.243 e. The molecular formula is C22H31N5O2. The van der Waals surface area contributed by atoms with Crippen LogP contribution in [-0.2, 0) is 9.53 Å². The van der Waals surface area contributed by atoms with E-state index in [2.05, 4.69) is 30.1 Å². The minimum atomic E-state index is -1.02. The minimum absolute atomic E-state index is 0.346. The van der Waals surface area contributed by atoms with E-state index in [4.69, 9.17) is 14.7 Å². The van der Waals surface area contributed by atoms with Crippen molar-refractivity contribution < 1.29 is 9.53 Å². The second-order valence-corrected chi connectivity index (χ2v) is 6.96. The molecule has 1 amide bonds. The standard InChI is InChI=1S/C22H31N5O2/c1-4-6-13-27(14-7-5-2)21-20(17(16-23)22(28)24-12-15-29-3)25-18-10-8-9-11-19(18)26-21/h8-11,17H,4-7,12-15H2,1-3H3,(H,24,28). The Balaban J connectivity index is 2.50. The lowest BCUT2D eigenvalue weighted by atomic mass is 10.0. The quantitative estimate of drug-likeness (QED) is 0.552. The third kappa shape index (κ3) is 6.13. The van der Waals surface area contributed by atoms with Crippen LogP contribution in [0, 0.1) is 11.3 Å². The van der Waals surface area contributed by atoms with Gasteiger partial charge in [-0.15, -0.1) is 0 Å². The number of hydrogen-bond donors (Lipinski definition) is 1. The lowest BCUT2D eigenvalue weighted by Crippen LogP contribution is -2.34. The number of fused-ring (bicyclic) bond motifs is 1. The number of methoxy groups -OCH3 is 1. The Hall–Kier alpha value is -2.72. The van der Waals surface area contributed by atoms with E-state index in [0.717, 1.165) is 44.3 Å². The molecule has 29 heavy (non-hydrogen) atoms. The summed E-state index contributed by atoms with van der Waals surface area (Å²) >= 11 is 0. The number of anilines is 1. The van der Waals surface area contributed by atoms with Crippen LogP contribution in [0.1, 0.15) is 51.1 Å². The maximum Gasteiger partial charge on any atom is 0.243 e. The van der Waals surface area contributed by atoms with Gasteiger partial charge >= 0.3 is 0 Å². The Bertz CT molecular complexity index is 826. The molecule has 7 nitrogen and oxygen atoms in total. The van der Waals surface area contributed by atoms with Crippen LogP contribution in [0.2, 0.25) is 0 Å². The van der Waals surface area contributed by atoms with Gasteiger partial charge in [0.25, 0.3) is 0 Å². The number of benzene rings is 1. The molecule has 1 unspecified atom stereocenters. The fourth-order valence-electron chi connectivity index (χ4n) is 3.07. The molecular weight excluding hydrogens is 366 g/mol. The number of carbonyl (C=O) groups is 1. The number of ether oxygens (including phenoxy) is 1. The predicted octanol–water partition coefficient (Wildman–Crippen LogP) is 3.41. The third-order valence-corrected chi connectivity index (χ3v) is 4.71. The largest absolute Gasteiger partial charge is 0.383 e. The van der Waals surface area contributed by atoms with Gasteiger partial charge in [-0.05, 0) is 25.0 Å². The zero-order valence-electron chi connectivity index (χ0n) is 17.6. The van der Waals surface area contributed by atoms with E-state index in [1.165, 1.54) is 0 Å². The molecule has 2 rings (SSSR count). The van der Waals surface area contributed by atoms with E-state index in [-0.39, 0.29) is 5.91 Å². The van der Waals surface area contributed by atoms with Gasteiger partial charge in [0.1, 0.15) is 5.69 Å². The molecule has 1 aromatic carbocycles. The molecule has 0 aliphatic carbocycles. The van der Waals surface area contributed by atoms with Gasteiger partial charge in [0, 0.05) is 26.7 Å². The highest BCUT2D eigenvalue weighted by molar-refractivity contribution is 5.88. The summed E-state index contributed by atoms with van der Waals surface area (Å²) in [5, 5.41) is 12.6. The van der Waals surface area contributed by atoms with E-state index in [0.29, 0.717) is 30.2 Å². The maximum atomic E-state index is 12.7. The molecule has 1 N–H and O–H groups in total. The zero-order valence-corrected chi connectivity index (χ0v) is 17.6. The number of rotatable bonds is 12. The van der Waals surface area contributed by atoms with E-state index >= 15 is 0 Å². The number of para-hydroxylation sites is 2. The predicted molar refractivity (Wildman–Crippen MR) is 115 cm³/mol. The maximum absolute atomic E-state index is 12.7. The summed E-state index contributed by atoms with van der Waals surface area (Å²) in [6, 6.07) is 9.70. The van der Waals surface area contributed by atoms with Crippen molar-refractivity contribution in [1.29, 1.82) is 5.26 Å². The molecule has 0 aliphatic rings. The molecule has 0 saturated carbocycles. The number of amides is 1. The molecule has 2 aromatic rings. The molecule has 0 saturated heterocycles. The topological polar surface area (TPSA) is 91.1 Å². The highest BCUT2D eigenvalue weighted by Gasteiger charge is 2.28. The number of nitriles is 1. The molecule has 1 atom stereocenters. The third-order valence-electron chi connectivity index (χ3n) is 4.71. The van der Waals surface area contributed by atoms with Crippen LogP contribution in [0.3, 0.4) is 0 Å². The molecule has 1 heterocycles. The van der Waals surface area contributed by atoms with Gasteiger partial charge in [0.05, 0.1) is 23.7 Å². The van der Waals surface area contributed by atoms with Crippen molar-refractivity contribution in [2.45, 2.75) is 45.4 Å². The highest BCUT2D eigenvalue weighted by atomic mass is 16.5.